The van der Waals surface area contributed by atoms with Gasteiger partial charge in [0.25, 0.3) is 0 Å². The first-order valence-corrected chi connectivity index (χ1v) is 12.1. The van der Waals surface area contributed by atoms with E-state index < -0.39 is 17.8 Å². The number of fused-ring (bicyclic) bond motifs is 1. The molecule has 2 aromatic carbocycles. The van der Waals surface area contributed by atoms with E-state index in [2.05, 4.69) is 15.3 Å². The fourth-order valence-electron chi connectivity index (χ4n) is 5.36. The summed E-state index contributed by atoms with van der Waals surface area (Å²) < 4.78 is 40.7. The van der Waals surface area contributed by atoms with Gasteiger partial charge in [-0.25, -0.2) is 9.97 Å². The molecule has 35 heavy (non-hydrogen) atoms. The Morgan fingerprint density at radius 2 is 1.80 bits per heavy atom. The van der Waals surface area contributed by atoms with Gasteiger partial charge in [-0.15, -0.1) is 0 Å². The fraction of sp³-hybridized carbons (Fsp3) is 0.407. The number of alkyl halides is 3. The van der Waals surface area contributed by atoms with Crippen LogP contribution < -0.4 is 10.2 Å². The minimum atomic E-state index is -4.42. The highest BCUT2D eigenvalue weighted by molar-refractivity contribution is 5.79. The zero-order chi connectivity index (χ0) is 24.6. The predicted octanol–water partition coefficient (Wildman–Crippen LogP) is 6.65. The number of aliphatic hydroxyl groups is 1. The molecule has 1 saturated carbocycles. The number of anilines is 3. The Morgan fingerprint density at radius 1 is 1.00 bits per heavy atom. The van der Waals surface area contributed by atoms with Gasteiger partial charge < -0.3 is 15.3 Å². The van der Waals surface area contributed by atoms with Crippen molar-refractivity contribution in [2.75, 3.05) is 17.3 Å². The summed E-state index contributed by atoms with van der Waals surface area (Å²) in [6, 6.07) is 11.7. The molecule has 5 rings (SSSR count). The number of aryl methyl sites for hydroxylation is 1. The Morgan fingerprint density at radius 3 is 2.57 bits per heavy atom. The first kappa shape index (κ1) is 23.6. The number of rotatable bonds is 5. The third kappa shape index (κ3) is 4.85. The second-order valence-electron chi connectivity index (χ2n) is 9.48. The van der Waals surface area contributed by atoms with E-state index in [0.717, 1.165) is 55.0 Å². The van der Waals surface area contributed by atoms with Gasteiger partial charge in [-0.2, -0.15) is 13.2 Å². The van der Waals surface area contributed by atoms with Gasteiger partial charge in [-0.3, -0.25) is 0 Å². The molecule has 2 N–H and O–H groups in total. The van der Waals surface area contributed by atoms with Gasteiger partial charge in [0.1, 0.15) is 12.1 Å². The molecule has 1 unspecified atom stereocenters. The van der Waals surface area contributed by atoms with Crippen molar-refractivity contribution < 1.29 is 18.3 Å². The average molecular weight is 483 g/mol. The molecule has 2 aliphatic carbocycles. The normalized spacial score (nSPS) is 18.4. The van der Waals surface area contributed by atoms with Gasteiger partial charge in [-0.05, 0) is 49.4 Å². The molecule has 0 bridgehead atoms. The maximum atomic E-state index is 13.6. The molecule has 1 heterocycles. The van der Waals surface area contributed by atoms with E-state index >= 15 is 0 Å². The number of aromatic nitrogens is 2. The molecular weight excluding hydrogens is 453 g/mol. The number of nitrogens with one attached hydrogen (secondary N) is 1. The fourth-order valence-corrected chi connectivity index (χ4v) is 5.36. The Labute approximate surface area is 203 Å². The van der Waals surface area contributed by atoms with Crippen molar-refractivity contribution in [2.45, 2.75) is 63.3 Å². The van der Waals surface area contributed by atoms with Crippen LogP contribution in [0.25, 0.3) is 11.3 Å². The summed E-state index contributed by atoms with van der Waals surface area (Å²) in [4.78, 5) is 10.7. The second kappa shape index (κ2) is 9.49. The van der Waals surface area contributed by atoms with Gasteiger partial charge in [0.05, 0.1) is 17.4 Å². The van der Waals surface area contributed by atoms with E-state index in [1.54, 1.807) is 6.07 Å². The van der Waals surface area contributed by atoms with Crippen molar-refractivity contribution >= 4 is 17.2 Å². The summed E-state index contributed by atoms with van der Waals surface area (Å²) in [6.07, 6.45) is 3.23. The molecule has 8 heteroatoms. The monoisotopic (exact) mass is 482 g/mol. The number of hydrogen-bond acceptors (Lipinski definition) is 5. The van der Waals surface area contributed by atoms with Crippen LogP contribution in [0.3, 0.4) is 0 Å². The lowest BCUT2D eigenvalue weighted by molar-refractivity contribution is -0.137. The number of hydrogen-bond donors (Lipinski definition) is 2. The van der Waals surface area contributed by atoms with Crippen molar-refractivity contribution in [3.8, 4) is 11.3 Å². The molecule has 3 aromatic rings. The Hall–Kier alpha value is -3.13. The molecule has 184 valence electrons. The zero-order valence-electron chi connectivity index (χ0n) is 19.6. The third-order valence-electron chi connectivity index (χ3n) is 7.25. The lowest BCUT2D eigenvalue weighted by atomic mass is 9.93. The van der Waals surface area contributed by atoms with E-state index in [1.807, 2.05) is 30.1 Å². The largest absolute Gasteiger partial charge is 0.416 e. The highest BCUT2D eigenvalue weighted by atomic mass is 19.4. The molecule has 2 aliphatic rings. The first-order chi connectivity index (χ1) is 16.8. The van der Waals surface area contributed by atoms with Crippen LogP contribution in [0.5, 0.6) is 0 Å². The lowest BCUT2D eigenvalue weighted by Crippen LogP contribution is -2.33. The van der Waals surface area contributed by atoms with Crippen LogP contribution in [-0.2, 0) is 12.6 Å². The Balaban J connectivity index is 1.51. The third-order valence-corrected chi connectivity index (χ3v) is 7.25. The number of halogens is 3. The van der Waals surface area contributed by atoms with Crippen molar-refractivity contribution in [2.24, 2.45) is 0 Å². The van der Waals surface area contributed by atoms with Crippen LogP contribution in [0.1, 0.15) is 61.3 Å². The minimum Gasteiger partial charge on any atom is -0.388 e. The quantitative estimate of drug-likeness (QED) is 0.426. The summed E-state index contributed by atoms with van der Waals surface area (Å²) in [6.45, 7) is 0. The highest BCUT2D eigenvalue weighted by Crippen LogP contribution is 2.40. The maximum Gasteiger partial charge on any atom is 0.416 e. The van der Waals surface area contributed by atoms with E-state index in [-0.39, 0.29) is 6.04 Å². The molecule has 0 saturated heterocycles. The molecular formula is C27H29F3N4O. The van der Waals surface area contributed by atoms with Crippen LogP contribution in [0.4, 0.5) is 30.4 Å². The first-order valence-electron chi connectivity index (χ1n) is 12.1. The second-order valence-corrected chi connectivity index (χ2v) is 9.48. The smallest absolute Gasteiger partial charge is 0.388 e. The van der Waals surface area contributed by atoms with Crippen LogP contribution in [-0.4, -0.2) is 28.2 Å². The van der Waals surface area contributed by atoms with Crippen molar-refractivity contribution in [3.63, 3.8) is 0 Å². The van der Waals surface area contributed by atoms with Gasteiger partial charge >= 0.3 is 6.18 Å². The molecule has 0 spiro atoms. The average Bonchev–Trinajstić information content (AvgIpc) is 3.25. The van der Waals surface area contributed by atoms with Gasteiger partial charge in [0, 0.05) is 41.7 Å². The van der Waals surface area contributed by atoms with Gasteiger partial charge in [0.15, 0.2) is 0 Å². The summed E-state index contributed by atoms with van der Waals surface area (Å²) in [5.74, 6) is 0.522. The molecule has 0 radical (unpaired) electrons. The number of benzene rings is 2. The SMILES string of the molecule is CN(c1cc(C(F)(F)F)ccc1-c1cc(Nc2cccc3c2C(O)CC3)ncn1)C1CCCCC1. The molecule has 5 nitrogen and oxygen atoms in total. The van der Waals surface area contributed by atoms with Crippen LogP contribution in [0.15, 0.2) is 48.8 Å². The molecule has 1 fully saturated rings. The zero-order valence-corrected chi connectivity index (χ0v) is 19.6. The van der Waals surface area contributed by atoms with Crippen LogP contribution in [0, 0.1) is 0 Å². The van der Waals surface area contributed by atoms with Gasteiger partial charge in [-0.1, -0.05) is 37.5 Å². The standard InChI is InChI=1S/C27H29F3N4O/c1-34(19-7-3-2-4-8-19)23-14-18(27(28,29)30)11-12-20(23)22-15-25(32-16-31-22)33-21-9-5-6-17-10-13-24(35)26(17)21/h5-6,9,11-12,14-16,19,24,35H,2-4,7-8,10,13H2,1H3,(H,31,32,33). The summed E-state index contributed by atoms with van der Waals surface area (Å²) in [7, 11) is 1.88. The molecule has 1 aromatic heterocycles. The number of aliphatic hydroxyl groups excluding tert-OH is 1. The predicted molar refractivity (Wildman–Crippen MR) is 131 cm³/mol. The summed E-state index contributed by atoms with van der Waals surface area (Å²) in [5, 5.41) is 13.7. The molecule has 0 amide bonds. The van der Waals surface area contributed by atoms with Crippen molar-refractivity contribution in [1.82, 2.24) is 9.97 Å². The Bertz CT molecular complexity index is 1210. The van der Waals surface area contributed by atoms with E-state index in [1.165, 1.54) is 24.9 Å². The maximum absolute atomic E-state index is 13.6. The molecule has 1 atom stereocenters. The topological polar surface area (TPSA) is 61.3 Å². The number of nitrogens with zero attached hydrogens (tertiary/aromatic N) is 3. The summed E-state index contributed by atoms with van der Waals surface area (Å²) >= 11 is 0. The van der Waals surface area contributed by atoms with Crippen molar-refractivity contribution in [3.05, 3.63) is 65.5 Å². The van der Waals surface area contributed by atoms with E-state index in [4.69, 9.17) is 0 Å². The van der Waals surface area contributed by atoms with Crippen LogP contribution >= 0.6 is 0 Å². The van der Waals surface area contributed by atoms with Crippen molar-refractivity contribution in [1.29, 1.82) is 0 Å². The Kier molecular flexibility index (Phi) is 6.40. The van der Waals surface area contributed by atoms with E-state index in [0.29, 0.717) is 29.2 Å². The minimum absolute atomic E-state index is 0.193. The lowest BCUT2D eigenvalue weighted by Gasteiger charge is -2.34. The van der Waals surface area contributed by atoms with Gasteiger partial charge in [0.2, 0.25) is 0 Å². The van der Waals surface area contributed by atoms with Crippen LogP contribution in [0.2, 0.25) is 0 Å². The molecule has 0 aliphatic heterocycles. The summed E-state index contributed by atoms with van der Waals surface area (Å²) in [5.41, 5.74) is 3.80. The van der Waals surface area contributed by atoms with E-state index in [9.17, 15) is 18.3 Å². The highest BCUT2D eigenvalue weighted by Gasteiger charge is 2.32.